The number of nitrogens with zero attached hydrogens (tertiary/aromatic N) is 4. The van der Waals surface area contributed by atoms with Crippen LogP contribution in [0.2, 0.25) is 0 Å². The quantitative estimate of drug-likeness (QED) is 0.428. The van der Waals surface area contributed by atoms with Crippen molar-refractivity contribution in [3.05, 3.63) is 18.0 Å². The van der Waals surface area contributed by atoms with Gasteiger partial charge >= 0.3 is 0 Å². The van der Waals surface area contributed by atoms with Crippen molar-refractivity contribution in [3.63, 3.8) is 0 Å². The number of guanidine groups is 1. The average Bonchev–Trinajstić information content (AvgIpc) is 3.04. The van der Waals surface area contributed by atoms with Gasteiger partial charge in [-0.15, -0.1) is 24.0 Å². The lowest BCUT2D eigenvalue weighted by molar-refractivity contribution is -0.00811. The van der Waals surface area contributed by atoms with Crippen molar-refractivity contribution in [2.75, 3.05) is 33.3 Å². The monoisotopic (exact) mass is 461 g/mol. The second-order valence-electron chi connectivity index (χ2n) is 7.31. The molecule has 1 unspecified atom stereocenters. The van der Waals surface area contributed by atoms with Crippen LogP contribution in [0.15, 0.2) is 17.4 Å². The highest BCUT2D eigenvalue weighted by Crippen LogP contribution is 2.28. The minimum atomic E-state index is 0. The summed E-state index contributed by atoms with van der Waals surface area (Å²) in [5, 5.41) is 7.86. The summed E-state index contributed by atoms with van der Waals surface area (Å²) in [4.78, 5) is 6.81. The Hall–Kier alpha value is -0.830. The lowest BCUT2D eigenvalue weighted by Crippen LogP contribution is -2.49. The Morgan fingerprint density at radius 2 is 2.12 bits per heavy atom. The van der Waals surface area contributed by atoms with E-state index >= 15 is 0 Å². The van der Waals surface area contributed by atoms with Gasteiger partial charge in [-0.3, -0.25) is 9.67 Å². The topological polar surface area (TPSA) is 54.7 Å². The van der Waals surface area contributed by atoms with Crippen LogP contribution in [0.5, 0.6) is 0 Å². The first kappa shape index (κ1) is 20.5. The van der Waals surface area contributed by atoms with Crippen LogP contribution < -0.4 is 5.32 Å². The minimum Gasteiger partial charge on any atom is -0.370 e. The summed E-state index contributed by atoms with van der Waals surface area (Å²) in [5.41, 5.74) is 1.14. The van der Waals surface area contributed by atoms with Crippen molar-refractivity contribution in [3.8, 4) is 0 Å². The van der Waals surface area contributed by atoms with E-state index in [0.29, 0.717) is 0 Å². The van der Waals surface area contributed by atoms with Gasteiger partial charge in [-0.05, 0) is 24.7 Å². The van der Waals surface area contributed by atoms with Crippen LogP contribution in [0.4, 0.5) is 0 Å². The fourth-order valence-electron chi connectivity index (χ4n) is 3.75. The zero-order chi connectivity index (χ0) is 16.9. The largest absolute Gasteiger partial charge is 0.370 e. The highest BCUT2D eigenvalue weighted by molar-refractivity contribution is 14.0. The summed E-state index contributed by atoms with van der Waals surface area (Å²) in [6.07, 6.45) is 9.42. The summed E-state index contributed by atoms with van der Waals surface area (Å²) in [6, 6.07) is 0. The fourth-order valence-corrected chi connectivity index (χ4v) is 3.75. The first-order valence-electron chi connectivity index (χ1n) is 9.21. The molecule has 1 N–H and O–H groups in total. The average molecular weight is 461 g/mol. The van der Waals surface area contributed by atoms with E-state index in [4.69, 9.17) is 4.74 Å². The van der Waals surface area contributed by atoms with Crippen LogP contribution in [-0.2, 0) is 11.8 Å². The van der Waals surface area contributed by atoms with Gasteiger partial charge in [-0.1, -0.05) is 19.8 Å². The normalized spacial score (nSPS) is 27.7. The van der Waals surface area contributed by atoms with E-state index in [1.54, 1.807) is 0 Å². The summed E-state index contributed by atoms with van der Waals surface area (Å²) >= 11 is 0. The molecular weight excluding hydrogens is 429 g/mol. The number of aryl methyl sites for hydroxylation is 1. The number of nitrogens with one attached hydrogen (secondary N) is 1. The number of ether oxygens (including phenoxy) is 1. The van der Waals surface area contributed by atoms with E-state index in [0.717, 1.165) is 49.6 Å². The van der Waals surface area contributed by atoms with Gasteiger partial charge < -0.3 is 15.0 Å². The molecule has 1 atom stereocenters. The van der Waals surface area contributed by atoms with Crippen LogP contribution in [0.1, 0.15) is 44.3 Å². The SMILES string of the molecule is CN=C(NCC1CCC(C)CC1)N1CCOC(c2cnn(C)c2)C1.I. The van der Waals surface area contributed by atoms with E-state index in [2.05, 4.69) is 27.2 Å². The van der Waals surface area contributed by atoms with Crippen LogP contribution >= 0.6 is 24.0 Å². The van der Waals surface area contributed by atoms with Gasteiger partial charge in [0.2, 0.25) is 0 Å². The molecule has 6 nitrogen and oxygen atoms in total. The molecule has 1 saturated carbocycles. The lowest BCUT2D eigenvalue weighted by atomic mass is 9.83. The van der Waals surface area contributed by atoms with Gasteiger partial charge in [-0.2, -0.15) is 5.10 Å². The van der Waals surface area contributed by atoms with Gasteiger partial charge in [0.05, 0.1) is 19.3 Å². The predicted molar refractivity (Wildman–Crippen MR) is 111 cm³/mol. The van der Waals surface area contributed by atoms with Crippen molar-refractivity contribution in [2.45, 2.75) is 38.7 Å². The second-order valence-corrected chi connectivity index (χ2v) is 7.31. The first-order chi connectivity index (χ1) is 11.7. The van der Waals surface area contributed by atoms with Crippen molar-refractivity contribution in [1.29, 1.82) is 0 Å². The molecule has 1 saturated heterocycles. The third kappa shape index (κ3) is 5.57. The minimum absolute atomic E-state index is 0. The van der Waals surface area contributed by atoms with Crippen LogP contribution in [0.3, 0.4) is 0 Å². The van der Waals surface area contributed by atoms with Gasteiger partial charge in [-0.25, -0.2) is 0 Å². The number of halogens is 1. The molecule has 1 aliphatic carbocycles. The molecular formula is C18H32IN5O. The molecule has 3 rings (SSSR count). The van der Waals surface area contributed by atoms with Crippen molar-refractivity contribution in [1.82, 2.24) is 20.0 Å². The Labute approximate surface area is 168 Å². The maximum absolute atomic E-state index is 5.93. The second kappa shape index (κ2) is 9.75. The van der Waals surface area contributed by atoms with E-state index in [1.807, 2.05) is 31.2 Å². The van der Waals surface area contributed by atoms with E-state index < -0.39 is 0 Å². The number of aliphatic imine (C=N–C) groups is 1. The Balaban J connectivity index is 0.00000225. The Kier molecular flexibility index (Phi) is 7.99. The van der Waals surface area contributed by atoms with E-state index in [9.17, 15) is 0 Å². The fraction of sp³-hybridized carbons (Fsp3) is 0.778. The number of hydrogen-bond donors (Lipinski definition) is 1. The van der Waals surface area contributed by atoms with Crippen molar-refractivity contribution < 1.29 is 4.74 Å². The summed E-state index contributed by atoms with van der Waals surface area (Å²) < 4.78 is 7.76. The molecule has 7 heteroatoms. The number of aromatic nitrogens is 2. The molecule has 0 radical (unpaired) electrons. The highest BCUT2D eigenvalue weighted by atomic mass is 127. The maximum atomic E-state index is 5.93. The van der Waals surface area contributed by atoms with Gasteiger partial charge in [0, 0.05) is 38.9 Å². The van der Waals surface area contributed by atoms with E-state index in [1.165, 1.54) is 25.7 Å². The van der Waals surface area contributed by atoms with Crippen LogP contribution in [0, 0.1) is 11.8 Å². The standard InChI is InChI=1S/C18H31N5O.HI/c1-14-4-6-15(7-5-14)10-20-18(19-2)23-8-9-24-17(13-23)16-11-21-22(3)12-16;/h11-12,14-15,17H,4-10,13H2,1-3H3,(H,19,20);1H. The molecule has 0 bridgehead atoms. The van der Waals surface area contributed by atoms with Crippen LogP contribution in [-0.4, -0.2) is 53.9 Å². The molecule has 2 aliphatic rings. The molecule has 0 aromatic carbocycles. The van der Waals surface area contributed by atoms with Gasteiger partial charge in [0.25, 0.3) is 0 Å². The molecule has 1 aromatic heterocycles. The van der Waals surface area contributed by atoms with Gasteiger partial charge in [0.15, 0.2) is 5.96 Å². The molecule has 142 valence electrons. The number of morpholine rings is 1. The molecule has 25 heavy (non-hydrogen) atoms. The predicted octanol–water partition coefficient (Wildman–Crippen LogP) is 2.81. The molecule has 1 aromatic rings. The molecule has 0 spiro atoms. The Morgan fingerprint density at radius 1 is 1.36 bits per heavy atom. The molecule has 0 amide bonds. The van der Waals surface area contributed by atoms with Crippen molar-refractivity contribution in [2.24, 2.45) is 23.9 Å². The zero-order valence-corrected chi connectivity index (χ0v) is 18.0. The van der Waals surface area contributed by atoms with Gasteiger partial charge in [0.1, 0.15) is 6.10 Å². The molecule has 2 heterocycles. The summed E-state index contributed by atoms with van der Waals surface area (Å²) in [6.45, 7) is 5.84. The third-order valence-corrected chi connectivity index (χ3v) is 5.36. The third-order valence-electron chi connectivity index (χ3n) is 5.36. The first-order valence-corrected chi connectivity index (χ1v) is 9.21. The van der Waals surface area contributed by atoms with Crippen LogP contribution in [0.25, 0.3) is 0 Å². The number of hydrogen-bond acceptors (Lipinski definition) is 3. The Morgan fingerprint density at radius 3 is 2.76 bits per heavy atom. The lowest BCUT2D eigenvalue weighted by Gasteiger charge is -2.35. The highest BCUT2D eigenvalue weighted by Gasteiger charge is 2.26. The smallest absolute Gasteiger partial charge is 0.193 e. The Bertz CT molecular complexity index is 553. The number of rotatable bonds is 3. The van der Waals surface area contributed by atoms with E-state index in [-0.39, 0.29) is 30.1 Å². The summed E-state index contributed by atoms with van der Waals surface area (Å²) in [5.74, 6) is 2.69. The summed E-state index contributed by atoms with van der Waals surface area (Å²) in [7, 11) is 3.81. The molecule has 2 fully saturated rings. The molecule has 1 aliphatic heterocycles. The maximum Gasteiger partial charge on any atom is 0.193 e. The van der Waals surface area contributed by atoms with Crippen molar-refractivity contribution >= 4 is 29.9 Å². The zero-order valence-electron chi connectivity index (χ0n) is 15.6.